The zero-order chi connectivity index (χ0) is 18.5. The molecule has 0 aliphatic carbocycles. The van der Waals surface area contributed by atoms with E-state index in [4.69, 9.17) is 4.74 Å². The predicted molar refractivity (Wildman–Crippen MR) is 104 cm³/mol. The van der Waals surface area contributed by atoms with Crippen LogP contribution in [0.4, 0.5) is 0 Å². The van der Waals surface area contributed by atoms with Crippen molar-refractivity contribution in [2.45, 2.75) is 26.3 Å². The lowest BCUT2D eigenvalue weighted by Gasteiger charge is -2.36. The van der Waals surface area contributed by atoms with Crippen molar-refractivity contribution in [3.63, 3.8) is 0 Å². The Labute approximate surface area is 155 Å². The lowest BCUT2D eigenvalue weighted by Crippen LogP contribution is -2.41. The van der Waals surface area contributed by atoms with E-state index in [9.17, 15) is 4.79 Å². The van der Waals surface area contributed by atoms with Crippen LogP contribution in [-0.4, -0.2) is 30.1 Å². The Morgan fingerprint density at radius 1 is 1.19 bits per heavy atom. The van der Waals surface area contributed by atoms with Gasteiger partial charge in [-0.2, -0.15) is 0 Å². The number of carbonyl (C=O) groups is 1. The van der Waals surface area contributed by atoms with Gasteiger partial charge in [0.1, 0.15) is 6.04 Å². The molecule has 0 saturated heterocycles. The number of hydrogen-bond acceptors (Lipinski definition) is 3. The minimum atomic E-state index is -0.326. The fourth-order valence-corrected chi connectivity index (χ4v) is 3.17. The largest absolute Gasteiger partial charge is 0.464 e. The summed E-state index contributed by atoms with van der Waals surface area (Å²) in [5.41, 5.74) is 5.17. The molecule has 0 bridgehead atoms. The molecule has 26 heavy (non-hydrogen) atoms. The molecule has 1 aliphatic heterocycles. The van der Waals surface area contributed by atoms with Gasteiger partial charge in [-0.15, -0.1) is 0 Å². The smallest absolute Gasteiger partial charge is 0.328 e. The van der Waals surface area contributed by atoms with Crippen molar-refractivity contribution >= 4 is 11.7 Å². The summed E-state index contributed by atoms with van der Waals surface area (Å²) in [7, 11) is 0. The van der Waals surface area contributed by atoms with E-state index in [1.807, 2.05) is 55.1 Å². The van der Waals surface area contributed by atoms with E-state index in [1.165, 1.54) is 5.56 Å². The molecular weight excluding hydrogens is 322 g/mol. The van der Waals surface area contributed by atoms with Gasteiger partial charge in [-0.05, 0) is 50.1 Å². The lowest BCUT2D eigenvalue weighted by molar-refractivity contribution is -0.147. The zero-order valence-electron chi connectivity index (χ0n) is 15.3. The van der Waals surface area contributed by atoms with Gasteiger partial charge in [0.25, 0.3) is 0 Å². The number of esters is 1. The Morgan fingerprint density at radius 3 is 2.65 bits per heavy atom. The number of fused-ring (bicyclic) bond motifs is 1. The van der Waals surface area contributed by atoms with Crippen LogP contribution in [0.3, 0.4) is 0 Å². The Morgan fingerprint density at radius 2 is 1.92 bits per heavy atom. The van der Waals surface area contributed by atoms with Gasteiger partial charge < -0.3 is 9.64 Å². The van der Waals surface area contributed by atoms with E-state index >= 15 is 0 Å². The molecule has 2 aromatic rings. The maximum atomic E-state index is 12.1. The van der Waals surface area contributed by atoms with Crippen LogP contribution < -0.4 is 0 Å². The van der Waals surface area contributed by atoms with E-state index in [2.05, 4.69) is 30.6 Å². The molecule has 1 atom stereocenters. The first-order valence-corrected chi connectivity index (χ1v) is 8.92. The second-order valence-electron chi connectivity index (χ2n) is 6.31. The summed E-state index contributed by atoms with van der Waals surface area (Å²) in [6.07, 6.45) is 0.860. The molecule has 3 rings (SSSR count). The molecular formula is C23H23NO2. The number of benzene rings is 2. The van der Waals surface area contributed by atoms with Crippen LogP contribution in [0, 0.1) is 11.8 Å². The molecule has 0 fully saturated rings. The molecule has 1 aliphatic rings. The number of nitrogens with zero attached hydrogens (tertiary/aromatic N) is 1. The van der Waals surface area contributed by atoms with Crippen LogP contribution in [0.2, 0.25) is 0 Å². The first kappa shape index (κ1) is 17.8. The standard InChI is InChI=1S/C23H23NO2/c1-4-26-23(25)18(3)24-15-14-21-16-20(12-13-22(21)17(24)2)11-10-19-8-6-5-7-9-19/h5-9,12-13,16,18H,2,4,14-15H2,1,3H3. The summed E-state index contributed by atoms with van der Waals surface area (Å²) < 4.78 is 5.15. The number of rotatable bonds is 3. The lowest BCUT2D eigenvalue weighted by atomic mass is 9.94. The minimum absolute atomic E-state index is 0.206. The van der Waals surface area contributed by atoms with Crippen LogP contribution in [0.15, 0.2) is 55.1 Å². The highest BCUT2D eigenvalue weighted by Crippen LogP contribution is 2.30. The number of carbonyl (C=O) groups excluding carboxylic acids is 1. The maximum Gasteiger partial charge on any atom is 0.328 e. The second-order valence-corrected chi connectivity index (χ2v) is 6.31. The van der Waals surface area contributed by atoms with Crippen LogP contribution in [0.1, 0.15) is 36.1 Å². The van der Waals surface area contributed by atoms with Crippen molar-refractivity contribution in [2.75, 3.05) is 13.2 Å². The molecule has 132 valence electrons. The summed E-state index contributed by atoms with van der Waals surface area (Å²) in [5, 5.41) is 0. The third-order valence-corrected chi connectivity index (χ3v) is 4.61. The topological polar surface area (TPSA) is 29.5 Å². The average molecular weight is 345 g/mol. The fourth-order valence-electron chi connectivity index (χ4n) is 3.17. The van der Waals surface area contributed by atoms with Gasteiger partial charge in [-0.1, -0.05) is 42.7 Å². The van der Waals surface area contributed by atoms with Gasteiger partial charge in [0.05, 0.1) is 6.61 Å². The Bertz CT molecular complexity index is 874. The summed E-state index contributed by atoms with van der Waals surface area (Å²) in [4.78, 5) is 14.1. The van der Waals surface area contributed by atoms with E-state index < -0.39 is 0 Å². The molecule has 1 heterocycles. The van der Waals surface area contributed by atoms with Gasteiger partial charge in [-0.3, -0.25) is 0 Å². The molecule has 0 amide bonds. The summed E-state index contributed by atoms with van der Waals surface area (Å²) in [6, 6.07) is 15.8. The van der Waals surface area contributed by atoms with Gasteiger partial charge in [0.2, 0.25) is 0 Å². The fraction of sp³-hybridized carbons (Fsp3) is 0.261. The van der Waals surface area contributed by atoms with Crippen molar-refractivity contribution in [2.24, 2.45) is 0 Å². The van der Waals surface area contributed by atoms with Crippen molar-refractivity contribution < 1.29 is 9.53 Å². The van der Waals surface area contributed by atoms with Gasteiger partial charge >= 0.3 is 5.97 Å². The third-order valence-electron chi connectivity index (χ3n) is 4.61. The summed E-state index contributed by atoms with van der Waals surface area (Å²) in [5.74, 6) is 6.21. The molecule has 1 unspecified atom stereocenters. The molecule has 0 N–H and O–H groups in total. The Hall–Kier alpha value is -2.99. The molecule has 0 radical (unpaired) electrons. The normalized spacial score (nSPS) is 14.1. The van der Waals surface area contributed by atoms with Crippen molar-refractivity contribution in [1.29, 1.82) is 0 Å². The van der Waals surface area contributed by atoms with Crippen molar-refractivity contribution in [3.05, 3.63) is 77.4 Å². The van der Waals surface area contributed by atoms with E-state index in [0.29, 0.717) is 6.61 Å². The van der Waals surface area contributed by atoms with E-state index in [0.717, 1.165) is 35.4 Å². The monoisotopic (exact) mass is 345 g/mol. The third kappa shape index (κ3) is 3.81. The second kappa shape index (κ2) is 7.93. The number of hydrogen-bond donors (Lipinski definition) is 0. The summed E-state index contributed by atoms with van der Waals surface area (Å²) in [6.45, 7) is 9.04. The minimum Gasteiger partial charge on any atom is -0.464 e. The molecule has 0 spiro atoms. The van der Waals surface area contributed by atoms with Crippen LogP contribution in [0.5, 0.6) is 0 Å². The van der Waals surface area contributed by atoms with Crippen LogP contribution >= 0.6 is 0 Å². The highest BCUT2D eigenvalue weighted by molar-refractivity contribution is 5.79. The van der Waals surface area contributed by atoms with Crippen LogP contribution in [-0.2, 0) is 16.0 Å². The average Bonchev–Trinajstić information content (AvgIpc) is 2.67. The number of ether oxygens (including phenoxy) is 1. The van der Waals surface area contributed by atoms with E-state index in [-0.39, 0.29) is 12.0 Å². The highest BCUT2D eigenvalue weighted by Gasteiger charge is 2.28. The first-order chi connectivity index (χ1) is 12.6. The zero-order valence-corrected chi connectivity index (χ0v) is 15.3. The van der Waals surface area contributed by atoms with Crippen LogP contribution in [0.25, 0.3) is 5.70 Å². The Kier molecular flexibility index (Phi) is 5.43. The first-order valence-electron chi connectivity index (χ1n) is 8.92. The molecule has 0 saturated carbocycles. The molecule has 3 nitrogen and oxygen atoms in total. The Balaban J connectivity index is 1.79. The maximum absolute atomic E-state index is 12.1. The van der Waals surface area contributed by atoms with Crippen molar-refractivity contribution in [3.8, 4) is 11.8 Å². The van der Waals surface area contributed by atoms with Gasteiger partial charge in [0, 0.05) is 28.9 Å². The SMILES string of the molecule is C=C1c2ccc(C#Cc3ccccc3)cc2CCN1C(C)C(=O)OCC. The van der Waals surface area contributed by atoms with Gasteiger partial charge in [-0.25, -0.2) is 4.79 Å². The van der Waals surface area contributed by atoms with E-state index in [1.54, 1.807) is 0 Å². The molecule has 3 heteroatoms. The quantitative estimate of drug-likeness (QED) is 0.625. The molecule has 0 aromatic heterocycles. The molecule has 2 aromatic carbocycles. The highest BCUT2D eigenvalue weighted by atomic mass is 16.5. The van der Waals surface area contributed by atoms with Crippen molar-refractivity contribution in [1.82, 2.24) is 4.90 Å². The predicted octanol–water partition coefficient (Wildman–Crippen LogP) is 3.87. The van der Waals surface area contributed by atoms with Gasteiger partial charge in [0.15, 0.2) is 0 Å². The summed E-state index contributed by atoms with van der Waals surface area (Å²) >= 11 is 0.